The molecule has 0 aliphatic rings. The number of hydrogen-bond acceptors (Lipinski definition) is 2. The van der Waals surface area contributed by atoms with Gasteiger partial charge in [0, 0.05) is 0 Å². The lowest BCUT2D eigenvalue weighted by atomic mass is 10.0. The zero-order valence-electron chi connectivity index (χ0n) is 9.16. The fourth-order valence-corrected chi connectivity index (χ4v) is 0.750. The summed E-state index contributed by atoms with van der Waals surface area (Å²) in [6.07, 6.45) is -14.0. The van der Waals surface area contributed by atoms with Crippen LogP contribution in [0.25, 0.3) is 0 Å². The van der Waals surface area contributed by atoms with Gasteiger partial charge in [-0.25, -0.2) is 4.79 Å². The molecule has 0 rings (SSSR count). The van der Waals surface area contributed by atoms with Crippen LogP contribution in [-0.4, -0.2) is 30.1 Å². The Morgan fingerprint density at radius 3 is 1.65 bits per heavy atom. The van der Waals surface area contributed by atoms with Crippen LogP contribution in [0.5, 0.6) is 0 Å². The summed E-state index contributed by atoms with van der Waals surface area (Å²) in [7, 11) is 0. The maximum atomic E-state index is 12.3. The first-order valence-corrected chi connectivity index (χ1v) is 4.43. The molecule has 0 spiro atoms. The fraction of sp³-hybridized carbons (Fsp3) is 0.875. The van der Waals surface area contributed by atoms with Gasteiger partial charge in [0.1, 0.15) is 0 Å². The summed E-state index contributed by atoms with van der Waals surface area (Å²) >= 11 is 0. The maximum Gasteiger partial charge on any atom is 0.420 e. The minimum absolute atomic E-state index is 0.172. The average Bonchev–Trinajstić information content (AvgIpc) is 1.97. The molecular weight excluding hydrogens is 256 g/mol. The first-order chi connectivity index (χ1) is 7.31. The van der Waals surface area contributed by atoms with Crippen molar-refractivity contribution in [2.45, 2.75) is 44.8 Å². The van der Waals surface area contributed by atoms with Crippen LogP contribution < -0.4 is 5.32 Å². The van der Waals surface area contributed by atoms with Gasteiger partial charge < -0.3 is 4.74 Å². The number of halogens is 6. The summed E-state index contributed by atoms with van der Waals surface area (Å²) in [5, 5.41) is 0.793. The first-order valence-electron chi connectivity index (χ1n) is 4.43. The average molecular weight is 267 g/mol. The lowest BCUT2D eigenvalue weighted by molar-refractivity contribution is -0.298. The van der Waals surface area contributed by atoms with Crippen LogP contribution in [0.15, 0.2) is 0 Å². The van der Waals surface area contributed by atoms with Gasteiger partial charge in [0.2, 0.25) is 5.54 Å². The SMILES string of the molecule is CC(C)OC(=O)NC(C)(C(F)(F)F)C(F)(F)F. The molecule has 0 saturated heterocycles. The second-order valence-corrected chi connectivity index (χ2v) is 3.70. The van der Waals surface area contributed by atoms with Crippen molar-refractivity contribution in [2.24, 2.45) is 0 Å². The molecule has 0 heterocycles. The van der Waals surface area contributed by atoms with E-state index in [9.17, 15) is 31.1 Å². The lowest BCUT2D eigenvalue weighted by Crippen LogP contribution is -2.65. The second kappa shape index (κ2) is 4.61. The molecule has 17 heavy (non-hydrogen) atoms. The van der Waals surface area contributed by atoms with E-state index in [4.69, 9.17) is 0 Å². The van der Waals surface area contributed by atoms with Gasteiger partial charge in [0.05, 0.1) is 6.10 Å². The summed E-state index contributed by atoms with van der Waals surface area (Å²) < 4.78 is 78.0. The lowest BCUT2D eigenvalue weighted by Gasteiger charge is -2.34. The van der Waals surface area contributed by atoms with Crippen molar-refractivity contribution in [3.05, 3.63) is 0 Å². The molecular formula is C8H11F6NO2. The molecule has 9 heteroatoms. The van der Waals surface area contributed by atoms with E-state index < -0.39 is 30.1 Å². The van der Waals surface area contributed by atoms with Gasteiger partial charge in [-0.2, -0.15) is 26.3 Å². The Balaban J connectivity index is 5.06. The number of carbonyl (C=O) groups is 1. The highest BCUT2D eigenvalue weighted by molar-refractivity contribution is 5.68. The van der Waals surface area contributed by atoms with E-state index in [-0.39, 0.29) is 6.92 Å². The number of rotatable bonds is 2. The van der Waals surface area contributed by atoms with Gasteiger partial charge in [-0.15, -0.1) is 0 Å². The van der Waals surface area contributed by atoms with Gasteiger partial charge in [-0.3, -0.25) is 5.32 Å². The van der Waals surface area contributed by atoms with Crippen molar-refractivity contribution in [1.82, 2.24) is 5.32 Å². The van der Waals surface area contributed by atoms with Crippen LogP contribution in [0.4, 0.5) is 31.1 Å². The number of alkyl carbamates (subject to hydrolysis) is 1. The van der Waals surface area contributed by atoms with Crippen molar-refractivity contribution < 1.29 is 35.9 Å². The predicted molar refractivity (Wildman–Crippen MR) is 45.3 cm³/mol. The van der Waals surface area contributed by atoms with E-state index in [1.165, 1.54) is 13.8 Å². The number of nitrogens with one attached hydrogen (secondary N) is 1. The minimum atomic E-state index is -5.68. The molecule has 3 nitrogen and oxygen atoms in total. The second-order valence-electron chi connectivity index (χ2n) is 3.70. The molecule has 0 bridgehead atoms. The number of amides is 1. The first kappa shape index (κ1) is 15.9. The molecule has 0 aliphatic carbocycles. The summed E-state index contributed by atoms with van der Waals surface area (Å²) in [5.74, 6) is 0. The highest BCUT2D eigenvalue weighted by Gasteiger charge is 2.69. The molecule has 0 saturated carbocycles. The van der Waals surface area contributed by atoms with E-state index in [0.29, 0.717) is 0 Å². The standard InChI is InChI=1S/C8H11F6NO2/c1-4(2)17-5(16)15-6(3,7(9,10)11)8(12,13)14/h4H,1-3H3,(H,15,16). The largest absolute Gasteiger partial charge is 0.447 e. The highest BCUT2D eigenvalue weighted by atomic mass is 19.4. The molecule has 0 fully saturated rings. The van der Waals surface area contributed by atoms with Crippen LogP contribution in [0.2, 0.25) is 0 Å². The third kappa shape index (κ3) is 3.67. The van der Waals surface area contributed by atoms with Gasteiger partial charge in [-0.1, -0.05) is 0 Å². The minimum Gasteiger partial charge on any atom is -0.447 e. The predicted octanol–water partition coefficient (Wildman–Crippen LogP) is 3.00. The van der Waals surface area contributed by atoms with Crippen LogP contribution in [0.3, 0.4) is 0 Å². The quantitative estimate of drug-likeness (QED) is 0.781. The van der Waals surface area contributed by atoms with Crippen LogP contribution >= 0.6 is 0 Å². The Morgan fingerprint density at radius 2 is 1.41 bits per heavy atom. The summed E-state index contributed by atoms with van der Waals surface area (Å²) in [6.45, 7) is 2.41. The molecule has 0 aromatic heterocycles. The molecule has 0 aromatic rings. The third-order valence-corrected chi connectivity index (χ3v) is 1.83. The van der Waals surface area contributed by atoms with Gasteiger partial charge in [0.15, 0.2) is 0 Å². The van der Waals surface area contributed by atoms with Gasteiger partial charge >= 0.3 is 18.4 Å². The smallest absolute Gasteiger partial charge is 0.420 e. The Morgan fingerprint density at radius 1 is 1.06 bits per heavy atom. The van der Waals surface area contributed by atoms with E-state index in [1.807, 2.05) is 0 Å². The van der Waals surface area contributed by atoms with Crippen molar-refractivity contribution >= 4 is 6.09 Å². The summed E-state index contributed by atoms with van der Waals surface area (Å²) in [6, 6.07) is 0. The van der Waals surface area contributed by atoms with Crippen LogP contribution in [0, 0.1) is 0 Å². The highest BCUT2D eigenvalue weighted by Crippen LogP contribution is 2.42. The zero-order chi connectivity index (χ0) is 14.1. The topological polar surface area (TPSA) is 38.3 Å². The number of alkyl halides is 6. The maximum absolute atomic E-state index is 12.3. The monoisotopic (exact) mass is 267 g/mol. The van der Waals surface area contributed by atoms with E-state index >= 15 is 0 Å². The van der Waals surface area contributed by atoms with Crippen molar-refractivity contribution in [3.8, 4) is 0 Å². The zero-order valence-corrected chi connectivity index (χ0v) is 9.16. The summed E-state index contributed by atoms with van der Waals surface area (Å²) in [4.78, 5) is 10.8. The molecule has 0 atom stereocenters. The van der Waals surface area contributed by atoms with E-state index in [1.54, 1.807) is 0 Å². The molecule has 0 aromatic carbocycles. The Hall–Kier alpha value is -1.15. The van der Waals surface area contributed by atoms with Gasteiger partial charge in [-0.05, 0) is 20.8 Å². The third-order valence-electron chi connectivity index (χ3n) is 1.83. The Bertz CT molecular complexity index is 269. The molecule has 0 radical (unpaired) electrons. The Kier molecular flexibility index (Phi) is 4.30. The summed E-state index contributed by atoms with van der Waals surface area (Å²) in [5.41, 5.74) is -4.34. The fourth-order valence-electron chi connectivity index (χ4n) is 0.750. The van der Waals surface area contributed by atoms with Crippen LogP contribution in [-0.2, 0) is 4.74 Å². The number of ether oxygens (including phenoxy) is 1. The van der Waals surface area contributed by atoms with E-state index in [2.05, 4.69) is 4.74 Å². The molecule has 102 valence electrons. The van der Waals surface area contributed by atoms with Crippen molar-refractivity contribution in [1.29, 1.82) is 0 Å². The molecule has 0 unspecified atom stereocenters. The van der Waals surface area contributed by atoms with Crippen molar-refractivity contribution in [3.63, 3.8) is 0 Å². The number of hydrogen-bond donors (Lipinski definition) is 1. The van der Waals surface area contributed by atoms with E-state index in [0.717, 1.165) is 5.32 Å². The normalized spacial score (nSPS) is 13.8. The molecule has 0 aliphatic heterocycles. The van der Waals surface area contributed by atoms with Crippen LogP contribution in [0.1, 0.15) is 20.8 Å². The van der Waals surface area contributed by atoms with Gasteiger partial charge in [0.25, 0.3) is 0 Å². The Labute approximate surface area is 93.1 Å². The molecule has 1 N–H and O–H groups in total. The number of carbonyl (C=O) groups excluding carboxylic acids is 1. The van der Waals surface area contributed by atoms with Crippen molar-refractivity contribution in [2.75, 3.05) is 0 Å². The molecule has 1 amide bonds.